The van der Waals surface area contributed by atoms with E-state index in [0.717, 1.165) is 6.42 Å². The van der Waals surface area contributed by atoms with Crippen molar-refractivity contribution in [3.8, 4) is 0 Å². The first-order valence-electron chi connectivity index (χ1n) is 6.68. The SMILES string of the molecule is CC1CCCCC1OCC(=O)c1ccc(Cl)c(Cl)c1. The number of ketones is 1. The van der Waals surface area contributed by atoms with Crippen molar-refractivity contribution in [1.29, 1.82) is 0 Å². The van der Waals surface area contributed by atoms with Gasteiger partial charge in [0.25, 0.3) is 0 Å². The van der Waals surface area contributed by atoms with Crippen LogP contribution in [0.5, 0.6) is 0 Å². The van der Waals surface area contributed by atoms with Crippen LogP contribution in [0.15, 0.2) is 18.2 Å². The van der Waals surface area contributed by atoms with Crippen molar-refractivity contribution in [2.45, 2.75) is 38.7 Å². The van der Waals surface area contributed by atoms with Crippen LogP contribution in [0, 0.1) is 5.92 Å². The van der Waals surface area contributed by atoms with Crippen LogP contribution >= 0.6 is 23.2 Å². The van der Waals surface area contributed by atoms with Gasteiger partial charge in [-0.15, -0.1) is 0 Å². The summed E-state index contributed by atoms with van der Waals surface area (Å²) in [7, 11) is 0. The van der Waals surface area contributed by atoms with Gasteiger partial charge in [0, 0.05) is 5.56 Å². The summed E-state index contributed by atoms with van der Waals surface area (Å²) in [6.45, 7) is 2.31. The molecule has 2 rings (SSSR count). The number of hydrogen-bond acceptors (Lipinski definition) is 2. The lowest BCUT2D eigenvalue weighted by molar-refractivity contribution is 0.000750. The second-order valence-electron chi connectivity index (χ2n) is 5.16. The lowest BCUT2D eigenvalue weighted by atomic mass is 9.88. The Bertz CT molecular complexity index is 459. The van der Waals surface area contributed by atoms with E-state index in [2.05, 4.69) is 6.92 Å². The van der Waals surface area contributed by atoms with E-state index in [4.69, 9.17) is 27.9 Å². The minimum atomic E-state index is -0.0451. The summed E-state index contributed by atoms with van der Waals surface area (Å²) in [5.74, 6) is 0.492. The highest BCUT2D eigenvalue weighted by Gasteiger charge is 2.22. The normalized spacial score (nSPS) is 23.3. The maximum absolute atomic E-state index is 12.0. The van der Waals surface area contributed by atoms with Crippen molar-refractivity contribution in [3.05, 3.63) is 33.8 Å². The zero-order valence-corrected chi connectivity index (χ0v) is 12.5. The van der Waals surface area contributed by atoms with Gasteiger partial charge >= 0.3 is 0 Å². The van der Waals surface area contributed by atoms with Crippen LogP contribution < -0.4 is 0 Å². The Labute approximate surface area is 124 Å². The predicted molar refractivity (Wildman–Crippen MR) is 78.2 cm³/mol. The second-order valence-corrected chi connectivity index (χ2v) is 5.98. The molecule has 1 aliphatic rings. The number of rotatable bonds is 4. The van der Waals surface area contributed by atoms with Gasteiger partial charge in [-0.1, -0.05) is 43.0 Å². The molecule has 19 heavy (non-hydrogen) atoms. The molecule has 1 aromatic rings. The molecule has 104 valence electrons. The molecule has 1 aromatic carbocycles. The summed E-state index contributed by atoms with van der Waals surface area (Å²) in [5.41, 5.74) is 0.554. The van der Waals surface area contributed by atoms with Crippen molar-refractivity contribution < 1.29 is 9.53 Å². The van der Waals surface area contributed by atoms with E-state index in [0.29, 0.717) is 21.5 Å². The lowest BCUT2D eigenvalue weighted by Crippen LogP contribution is -2.27. The van der Waals surface area contributed by atoms with E-state index >= 15 is 0 Å². The predicted octanol–water partition coefficient (Wildman–Crippen LogP) is 4.77. The molecule has 0 radical (unpaired) electrons. The highest BCUT2D eigenvalue weighted by molar-refractivity contribution is 6.42. The van der Waals surface area contributed by atoms with Crippen molar-refractivity contribution in [1.82, 2.24) is 0 Å². The largest absolute Gasteiger partial charge is 0.370 e. The molecule has 0 N–H and O–H groups in total. The Morgan fingerprint density at radius 2 is 2.00 bits per heavy atom. The number of Topliss-reactive ketones (excluding diaryl/α,β-unsaturated/α-hetero) is 1. The quantitative estimate of drug-likeness (QED) is 0.749. The minimum absolute atomic E-state index is 0.0451. The first-order valence-corrected chi connectivity index (χ1v) is 7.43. The fraction of sp³-hybridized carbons (Fsp3) is 0.533. The van der Waals surface area contributed by atoms with Gasteiger partial charge in [-0.2, -0.15) is 0 Å². The fourth-order valence-corrected chi connectivity index (χ4v) is 2.76. The highest BCUT2D eigenvalue weighted by atomic mass is 35.5. The van der Waals surface area contributed by atoms with E-state index in [1.807, 2.05) is 0 Å². The molecular formula is C15H18Cl2O2. The molecule has 0 aliphatic heterocycles. The van der Waals surface area contributed by atoms with Gasteiger partial charge in [-0.05, 0) is 37.0 Å². The Balaban J connectivity index is 1.91. The third kappa shape index (κ3) is 3.95. The van der Waals surface area contributed by atoms with E-state index in [9.17, 15) is 4.79 Å². The van der Waals surface area contributed by atoms with Crippen LogP contribution in [0.2, 0.25) is 10.0 Å². The monoisotopic (exact) mass is 300 g/mol. The number of carbonyl (C=O) groups is 1. The Morgan fingerprint density at radius 3 is 2.68 bits per heavy atom. The molecule has 0 spiro atoms. The molecule has 1 saturated carbocycles. The van der Waals surface area contributed by atoms with Crippen LogP contribution in [0.3, 0.4) is 0 Å². The molecule has 1 aliphatic carbocycles. The smallest absolute Gasteiger partial charge is 0.188 e. The number of hydrogen-bond donors (Lipinski definition) is 0. The highest BCUT2D eigenvalue weighted by Crippen LogP contribution is 2.27. The van der Waals surface area contributed by atoms with Crippen molar-refractivity contribution in [2.24, 2.45) is 5.92 Å². The summed E-state index contributed by atoms with van der Waals surface area (Å²) in [6.07, 6.45) is 4.90. The van der Waals surface area contributed by atoms with E-state index in [1.54, 1.807) is 18.2 Å². The molecule has 0 aromatic heterocycles. The van der Waals surface area contributed by atoms with Crippen LogP contribution in [0.25, 0.3) is 0 Å². The molecule has 2 atom stereocenters. The Kier molecular flexibility index (Phi) is 5.26. The Morgan fingerprint density at radius 1 is 1.26 bits per heavy atom. The van der Waals surface area contributed by atoms with Crippen molar-refractivity contribution in [2.75, 3.05) is 6.61 Å². The van der Waals surface area contributed by atoms with Gasteiger partial charge in [-0.25, -0.2) is 0 Å². The zero-order chi connectivity index (χ0) is 13.8. The molecule has 4 heteroatoms. The topological polar surface area (TPSA) is 26.3 Å². The summed E-state index contributed by atoms with van der Waals surface area (Å²) in [6, 6.07) is 4.92. The van der Waals surface area contributed by atoms with Crippen LogP contribution in [-0.2, 0) is 4.74 Å². The number of carbonyl (C=O) groups excluding carboxylic acids is 1. The molecular weight excluding hydrogens is 283 g/mol. The maximum atomic E-state index is 12.0. The van der Waals surface area contributed by atoms with Gasteiger partial charge in [-0.3, -0.25) is 4.79 Å². The third-order valence-electron chi connectivity index (χ3n) is 3.70. The van der Waals surface area contributed by atoms with Gasteiger partial charge in [0.15, 0.2) is 5.78 Å². The minimum Gasteiger partial charge on any atom is -0.370 e. The van der Waals surface area contributed by atoms with Gasteiger partial charge in [0.05, 0.1) is 16.1 Å². The molecule has 0 amide bonds. The van der Waals surface area contributed by atoms with Crippen molar-refractivity contribution >= 4 is 29.0 Å². The van der Waals surface area contributed by atoms with Crippen LogP contribution in [-0.4, -0.2) is 18.5 Å². The fourth-order valence-electron chi connectivity index (χ4n) is 2.47. The van der Waals surface area contributed by atoms with E-state index in [-0.39, 0.29) is 18.5 Å². The number of halogens is 2. The lowest BCUT2D eigenvalue weighted by Gasteiger charge is -2.28. The summed E-state index contributed by atoms with van der Waals surface area (Å²) < 4.78 is 5.76. The summed E-state index contributed by atoms with van der Waals surface area (Å²) >= 11 is 11.7. The zero-order valence-electron chi connectivity index (χ0n) is 11.0. The number of benzene rings is 1. The van der Waals surface area contributed by atoms with Crippen molar-refractivity contribution in [3.63, 3.8) is 0 Å². The van der Waals surface area contributed by atoms with Gasteiger partial charge in [0.1, 0.15) is 6.61 Å². The molecule has 1 fully saturated rings. The third-order valence-corrected chi connectivity index (χ3v) is 4.44. The Hall–Kier alpha value is -0.570. The maximum Gasteiger partial charge on any atom is 0.188 e. The van der Waals surface area contributed by atoms with Gasteiger partial charge < -0.3 is 4.74 Å². The molecule has 0 heterocycles. The molecule has 2 nitrogen and oxygen atoms in total. The van der Waals surface area contributed by atoms with Crippen LogP contribution in [0.4, 0.5) is 0 Å². The van der Waals surface area contributed by atoms with Gasteiger partial charge in [0.2, 0.25) is 0 Å². The van der Waals surface area contributed by atoms with Crippen LogP contribution in [0.1, 0.15) is 43.0 Å². The molecule has 0 bridgehead atoms. The standard InChI is InChI=1S/C15H18Cl2O2/c1-10-4-2-3-5-15(10)19-9-14(18)11-6-7-12(16)13(17)8-11/h6-8,10,15H,2-5,9H2,1H3. The van der Waals surface area contributed by atoms with E-state index < -0.39 is 0 Å². The number of ether oxygens (including phenoxy) is 1. The van der Waals surface area contributed by atoms with E-state index in [1.165, 1.54) is 19.3 Å². The second kappa shape index (κ2) is 6.74. The molecule has 2 unspecified atom stereocenters. The summed E-state index contributed by atoms with van der Waals surface area (Å²) in [5, 5.41) is 0.860. The average molecular weight is 301 g/mol. The first-order chi connectivity index (χ1) is 9.08. The first kappa shape index (κ1) is 14.8. The summed E-state index contributed by atoms with van der Waals surface area (Å²) in [4.78, 5) is 12.0. The average Bonchev–Trinajstić information content (AvgIpc) is 2.40. The molecule has 0 saturated heterocycles.